The molecule has 25 valence electrons. The van der Waals surface area contributed by atoms with E-state index in [1.165, 1.54) is 0 Å². The summed E-state index contributed by atoms with van der Waals surface area (Å²) in [4.78, 5) is 0. The van der Waals surface area contributed by atoms with Crippen molar-refractivity contribution in [3.63, 3.8) is 0 Å². The number of hydrogen-bond acceptors (Lipinski definition) is 0. The summed E-state index contributed by atoms with van der Waals surface area (Å²) in [6, 6.07) is 0. The minimum absolute atomic E-state index is 0. The number of hydrogen-bond donors (Lipinski definition) is 0. The fourth-order valence-electron chi connectivity index (χ4n) is 0. The SMILES string of the molecule is [B][C-](P)P.[Y]. The van der Waals surface area contributed by atoms with Crippen molar-refractivity contribution in [1.82, 2.24) is 0 Å². The Morgan fingerprint density at radius 1 is 1.40 bits per heavy atom. The molecule has 0 N–H and O–H groups in total. The Hall–Kier alpha value is 2.03. The zero-order chi connectivity index (χ0) is 3.58. The molecule has 0 saturated carbocycles. The van der Waals surface area contributed by atoms with Crippen LogP contribution >= 0.6 is 18.5 Å². The first-order chi connectivity index (χ1) is 1.73. The summed E-state index contributed by atoms with van der Waals surface area (Å²) in [5, 5.41) is 0.750. The normalized spacial score (nSPS) is 7.00. The van der Waals surface area contributed by atoms with E-state index in [0.29, 0.717) is 0 Å². The van der Waals surface area contributed by atoms with Crippen molar-refractivity contribution in [1.29, 1.82) is 0 Å². The minimum Gasteiger partial charge on any atom is -0.312 e. The van der Waals surface area contributed by atoms with Gasteiger partial charge in [0.1, 0.15) is 0 Å². The fourth-order valence-corrected chi connectivity index (χ4v) is 0. The van der Waals surface area contributed by atoms with Crippen molar-refractivity contribution in [3.8, 4) is 0 Å². The second-order valence-corrected chi connectivity index (χ2v) is 2.50. The monoisotopic (exact) mass is 178 g/mol. The Morgan fingerprint density at radius 3 is 1.40 bits per heavy atom. The molecule has 4 heteroatoms. The molecular formula is CH4BP2Y-. The van der Waals surface area contributed by atoms with Gasteiger partial charge in [0, 0.05) is 32.7 Å². The van der Waals surface area contributed by atoms with Crippen LogP contribution in [0.3, 0.4) is 0 Å². The van der Waals surface area contributed by atoms with Crippen molar-refractivity contribution in [3.05, 3.63) is 5.30 Å². The maximum Gasteiger partial charge on any atom is 0 e. The van der Waals surface area contributed by atoms with E-state index in [0.717, 1.165) is 5.30 Å². The molecule has 0 aliphatic heterocycles. The van der Waals surface area contributed by atoms with Crippen LogP contribution in [0.1, 0.15) is 0 Å². The summed E-state index contributed by atoms with van der Waals surface area (Å²) in [5.41, 5.74) is 0. The largest absolute Gasteiger partial charge is 0.312 e. The molecular weight excluding hydrogens is 174 g/mol. The second-order valence-electron chi connectivity index (χ2n) is 0.500. The summed E-state index contributed by atoms with van der Waals surface area (Å²) in [6.07, 6.45) is 0. The molecule has 2 unspecified atom stereocenters. The van der Waals surface area contributed by atoms with Crippen LogP contribution in [0.15, 0.2) is 0 Å². The van der Waals surface area contributed by atoms with E-state index in [1.54, 1.807) is 0 Å². The Labute approximate surface area is 63.9 Å². The van der Waals surface area contributed by atoms with Crippen molar-refractivity contribution in [2.45, 2.75) is 0 Å². The van der Waals surface area contributed by atoms with Gasteiger partial charge in [0.2, 0.25) is 0 Å². The average Bonchev–Trinajstić information content (AvgIpc) is 0.811. The van der Waals surface area contributed by atoms with E-state index in [9.17, 15) is 0 Å². The molecule has 0 aliphatic carbocycles. The van der Waals surface area contributed by atoms with Gasteiger partial charge in [-0.1, -0.05) is 0 Å². The molecule has 2 atom stereocenters. The van der Waals surface area contributed by atoms with E-state index in [1.807, 2.05) is 0 Å². The van der Waals surface area contributed by atoms with Gasteiger partial charge in [0.05, 0.1) is 0 Å². The Balaban J connectivity index is 0. The van der Waals surface area contributed by atoms with E-state index < -0.39 is 0 Å². The van der Waals surface area contributed by atoms with E-state index in [4.69, 9.17) is 7.85 Å². The summed E-state index contributed by atoms with van der Waals surface area (Å²) >= 11 is 0. The molecule has 0 spiro atoms. The standard InChI is InChI=1S/CH4BP2.Y/c2-1(3)4;/h3-4H2;/q-1;. The quantitative estimate of drug-likeness (QED) is 0.285. The molecule has 0 rings (SSSR count). The van der Waals surface area contributed by atoms with E-state index in [-0.39, 0.29) is 32.7 Å². The molecule has 0 nitrogen and oxygen atoms in total. The van der Waals surface area contributed by atoms with E-state index in [2.05, 4.69) is 18.5 Å². The zero-order valence-electron chi connectivity index (χ0n) is 2.81. The topological polar surface area (TPSA) is 0 Å². The third kappa shape index (κ3) is 23.8. The maximum absolute atomic E-state index is 4.95. The summed E-state index contributed by atoms with van der Waals surface area (Å²) in [6.45, 7) is 0. The molecule has 0 aliphatic rings. The molecule has 0 amide bonds. The maximum atomic E-state index is 4.95. The Morgan fingerprint density at radius 2 is 1.40 bits per heavy atom. The van der Waals surface area contributed by atoms with Gasteiger partial charge in [0.15, 0.2) is 0 Å². The molecule has 0 saturated heterocycles. The van der Waals surface area contributed by atoms with Crippen LogP contribution in [0.25, 0.3) is 0 Å². The zero-order valence-corrected chi connectivity index (χ0v) is 7.96. The van der Waals surface area contributed by atoms with Gasteiger partial charge in [-0.05, 0) is 0 Å². The van der Waals surface area contributed by atoms with Gasteiger partial charge in [-0.3, -0.25) is 18.5 Å². The molecule has 0 fully saturated rings. The molecule has 0 heterocycles. The molecule has 0 aromatic rings. The predicted molar refractivity (Wildman–Crippen MR) is 28.4 cm³/mol. The molecule has 0 aromatic carbocycles. The summed E-state index contributed by atoms with van der Waals surface area (Å²) < 4.78 is 0. The fraction of sp³-hybridized carbons (Fsp3) is 0. The van der Waals surface area contributed by atoms with Crippen LogP contribution in [0, 0.1) is 5.30 Å². The van der Waals surface area contributed by atoms with Crippen molar-refractivity contribution < 1.29 is 32.7 Å². The predicted octanol–water partition coefficient (Wildman–Crippen LogP) is 0.350. The van der Waals surface area contributed by atoms with Crippen LogP contribution in [-0.2, 0) is 32.7 Å². The second kappa shape index (κ2) is 6.03. The van der Waals surface area contributed by atoms with Gasteiger partial charge >= 0.3 is 0 Å². The van der Waals surface area contributed by atoms with Crippen LogP contribution in [0.4, 0.5) is 0 Å². The average molecular weight is 178 g/mol. The summed E-state index contributed by atoms with van der Waals surface area (Å²) in [7, 11) is 9.58. The number of rotatable bonds is 0. The van der Waals surface area contributed by atoms with Crippen molar-refractivity contribution >= 4 is 26.3 Å². The van der Waals surface area contributed by atoms with E-state index >= 15 is 0 Å². The van der Waals surface area contributed by atoms with Gasteiger partial charge in [-0.15, -0.1) is 0 Å². The third-order valence-corrected chi connectivity index (χ3v) is 0. The first-order valence-corrected chi connectivity index (χ1v) is 2.02. The third-order valence-electron chi connectivity index (χ3n) is 0. The van der Waals surface area contributed by atoms with Crippen LogP contribution < -0.4 is 0 Å². The molecule has 3 radical (unpaired) electrons. The van der Waals surface area contributed by atoms with Crippen LogP contribution in [-0.4, -0.2) is 7.85 Å². The molecule has 5 heavy (non-hydrogen) atoms. The first kappa shape index (κ1) is 10.1. The van der Waals surface area contributed by atoms with Gasteiger partial charge < -0.3 is 5.30 Å². The van der Waals surface area contributed by atoms with Crippen molar-refractivity contribution in [2.24, 2.45) is 0 Å². The first-order valence-electron chi connectivity index (χ1n) is 0.866. The minimum atomic E-state index is 0. The summed E-state index contributed by atoms with van der Waals surface area (Å²) in [5.74, 6) is 0. The smallest absolute Gasteiger partial charge is 0 e. The Kier molecular flexibility index (Phi) is 12.2. The molecule has 0 aromatic heterocycles. The molecule has 0 bridgehead atoms. The van der Waals surface area contributed by atoms with Gasteiger partial charge in [-0.25, -0.2) is 0 Å². The van der Waals surface area contributed by atoms with Gasteiger partial charge in [0.25, 0.3) is 0 Å². The van der Waals surface area contributed by atoms with Crippen LogP contribution in [0.2, 0.25) is 0 Å². The van der Waals surface area contributed by atoms with Gasteiger partial charge in [-0.2, -0.15) is 7.85 Å². The van der Waals surface area contributed by atoms with Crippen molar-refractivity contribution in [2.75, 3.05) is 0 Å². The van der Waals surface area contributed by atoms with Crippen LogP contribution in [0.5, 0.6) is 0 Å². The Bertz CT molecular complexity index is 14.4.